The molecule has 1 heterocycles. The zero-order valence-electron chi connectivity index (χ0n) is 11.1. The maximum absolute atomic E-state index is 11.8. The number of rotatable bonds is 2. The molecular weight excluding hydrogens is 242 g/mol. The van der Waals surface area contributed by atoms with Gasteiger partial charge in [-0.2, -0.15) is 4.99 Å². The third-order valence-electron chi connectivity index (χ3n) is 3.09. The molecule has 1 N–H and O–H groups in total. The smallest absolute Gasteiger partial charge is 0.347 e. The first-order valence-corrected chi connectivity index (χ1v) is 6.27. The molecule has 0 atom stereocenters. The molecule has 0 saturated carbocycles. The van der Waals surface area contributed by atoms with Gasteiger partial charge in [-0.15, -0.1) is 0 Å². The largest absolute Gasteiger partial charge is 0.363 e. The molecule has 2 amide bonds. The van der Waals surface area contributed by atoms with Crippen LogP contribution in [-0.2, 0) is 0 Å². The van der Waals surface area contributed by atoms with Gasteiger partial charge in [-0.1, -0.05) is 12.1 Å². The Hall–Kier alpha value is -2.17. The van der Waals surface area contributed by atoms with Crippen molar-refractivity contribution in [2.45, 2.75) is 19.8 Å². The first kappa shape index (κ1) is 13.3. The third kappa shape index (κ3) is 3.40. The van der Waals surface area contributed by atoms with Crippen LogP contribution in [0.15, 0.2) is 29.3 Å². The highest BCUT2D eigenvalue weighted by atomic mass is 16.2. The Labute approximate surface area is 112 Å². The molecule has 5 heteroatoms. The van der Waals surface area contributed by atoms with Gasteiger partial charge >= 0.3 is 6.03 Å². The Bertz CT molecular complexity index is 537. The number of nitrogens with one attached hydrogen (secondary N) is 1. The Morgan fingerprint density at radius 3 is 2.79 bits per heavy atom. The minimum absolute atomic E-state index is 0.0297. The number of aliphatic imine (C=N–C) groups is 1. The van der Waals surface area contributed by atoms with Crippen molar-refractivity contribution in [1.82, 2.24) is 4.90 Å². The van der Waals surface area contributed by atoms with Crippen molar-refractivity contribution in [2.24, 2.45) is 4.99 Å². The van der Waals surface area contributed by atoms with Crippen LogP contribution in [-0.4, -0.2) is 36.1 Å². The molecule has 1 aromatic rings. The second kappa shape index (κ2) is 5.65. The van der Waals surface area contributed by atoms with Crippen LogP contribution in [0.3, 0.4) is 0 Å². The quantitative estimate of drug-likeness (QED) is 0.830. The fourth-order valence-corrected chi connectivity index (χ4v) is 2.02. The normalized spacial score (nSPS) is 16.7. The second-order valence-corrected chi connectivity index (χ2v) is 4.62. The number of hydrogen-bond donors (Lipinski definition) is 1. The predicted octanol–water partition coefficient (Wildman–Crippen LogP) is 2.55. The number of nitrogens with zero attached hydrogens (tertiary/aromatic N) is 2. The summed E-state index contributed by atoms with van der Waals surface area (Å²) in [6.45, 7) is 2.43. The van der Waals surface area contributed by atoms with E-state index in [4.69, 9.17) is 0 Å². The lowest BCUT2D eigenvalue weighted by Crippen LogP contribution is -2.21. The van der Waals surface area contributed by atoms with Crippen molar-refractivity contribution in [2.75, 3.05) is 18.9 Å². The SMILES string of the molecule is CC(=O)c1cccc(NC(=O)N=C2CCCN2C)c1. The fraction of sp³-hybridized carbons (Fsp3) is 0.357. The summed E-state index contributed by atoms with van der Waals surface area (Å²) in [7, 11) is 1.93. The molecule has 0 spiro atoms. The predicted molar refractivity (Wildman–Crippen MR) is 74.8 cm³/mol. The summed E-state index contributed by atoms with van der Waals surface area (Å²) in [5.74, 6) is 0.776. The lowest BCUT2D eigenvalue weighted by Gasteiger charge is -2.10. The van der Waals surface area contributed by atoms with E-state index >= 15 is 0 Å². The molecule has 1 saturated heterocycles. The molecule has 0 aliphatic carbocycles. The maximum Gasteiger partial charge on any atom is 0.347 e. The molecule has 0 radical (unpaired) electrons. The van der Waals surface area contributed by atoms with Crippen LogP contribution in [0.1, 0.15) is 30.1 Å². The van der Waals surface area contributed by atoms with Gasteiger partial charge in [-0.25, -0.2) is 4.79 Å². The Morgan fingerprint density at radius 2 is 2.16 bits per heavy atom. The summed E-state index contributed by atoms with van der Waals surface area (Å²) in [6.07, 6.45) is 1.86. The number of urea groups is 1. The first-order chi connectivity index (χ1) is 9.06. The van der Waals surface area contributed by atoms with Gasteiger partial charge in [0.05, 0.1) is 0 Å². The van der Waals surface area contributed by atoms with Crippen molar-refractivity contribution in [3.05, 3.63) is 29.8 Å². The number of Topliss-reactive ketones (excluding diaryl/α,β-unsaturated/α-hetero) is 1. The minimum atomic E-state index is -0.399. The molecule has 0 bridgehead atoms. The maximum atomic E-state index is 11.8. The van der Waals surface area contributed by atoms with E-state index in [1.807, 2.05) is 11.9 Å². The number of hydrogen-bond acceptors (Lipinski definition) is 2. The zero-order chi connectivity index (χ0) is 13.8. The molecule has 19 heavy (non-hydrogen) atoms. The van der Waals surface area contributed by atoms with Crippen molar-refractivity contribution < 1.29 is 9.59 Å². The molecule has 0 aromatic heterocycles. The molecular formula is C14H17N3O2. The Kier molecular flexibility index (Phi) is 3.94. The number of anilines is 1. The van der Waals surface area contributed by atoms with Crippen molar-refractivity contribution >= 4 is 23.3 Å². The van der Waals surface area contributed by atoms with Crippen LogP contribution in [0, 0.1) is 0 Å². The number of benzene rings is 1. The Balaban J connectivity index is 2.07. The molecule has 1 fully saturated rings. The van der Waals surface area contributed by atoms with Gasteiger partial charge in [0.2, 0.25) is 0 Å². The number of carbonyl (C=O) groups excluding carboxylic acids is 2. The number of amides is 2. The van der Waals surface area contributed by atoms with Crippen LogP contribution in [0.4, 0.5) is 10.5 Å². The van der Waals surface area contributed by atoms with Gasteiger partial charge in [-0.3, -0.25) is 4.79 Å². The van der Waals surface area contributed by atoms with E-state index in [0.717, 1.165) is 25.2 Å². The minimum Gasteiger partial charge on any atom is -0.363 e. The molecule has 100 valence electrons. The number of amidine groups is 1. The number of ketones is 1. The lowest BCUT2D eigenvalue weighted by molar-refractivity contribution is 0.101. The van der Waals surface area contributed by atoms with Crippen molar-refractivity contribution in [3.8, 4) is 0 Å². The highest BCUT2D eigenvalue weighted by Gasteiger charge is 2.15. The lowest BCUT2D eigenvalue weighted by atomic mass is 10.1. The highest BCUT2D eigenvalue weighted by molar-refractivity contribution is 6.01. The van der Waals surface area contributed by atoms with Gasteiger partial charge in [0.25, 0.3) is 0 Å². The van der Waals surface area contributed by atoms with E-state index in [0.29, 0.717) is 11.3 Å². The summed E-state index contributed by atoms with van der Waals surface area (Å²) in [5.41, 5.74) is 1.16. The summed E-state index contributed by atoms with van der Waals surface area (Å²) in [6, 6.07) is 6.45. The van der Waals surface area contributed by atoms with E-state index < -0.39 is 6.03 Å². The van der Waals surface area contributed by atoms with Crippen molar-refractivity contribution in [1.29, 1.82) is 0 Å². The highest BCUT2D eigenvalue weighted by Crippen LogP contribution is 2.13. The summed E-state index contributed by atoms with van der Waals surface area (Å²) >= 11 is 0. The van der Waals surface area contributed by atoms with Crippen LogP contribution < -0.4 is 5.32 Å². The monoisotopic (exact) mass is 259 g/mol. The van der Waals surface area contributed by atoms with Crippen LogP contribution >= 0.6 is 0 Å². The summed E-state index contributed by atoms with van der Waals surface area (Å²) < 4.78 is 0. The number of likely N-dealkylation sites (tertiary alicyclic amines) is 1. The molecule has 0 unspecified atom stereocenters. The van der Waals surface area contributed by atoms with Crippen LogP contribution in [0.2, 0.25) is 0 Å². The second-order valence-electron chi connectivity index (χ2n) is 4.62. The molecule has 1 aromatic carbocycles. The van der Waals surface area contributed by atoms with Gasteiger partial charge in [0, 0.05) is 31.3 Å². The average Bonchev–Trinajstić information content (AvgIpc) is 2.75. The van der Waals surface area contributed by atoms with Crippen LogP contribution in [0.25, 0.3) is 0 Å². The van der Waals surface area contributed by atoms with Gasteiger partial charge in [0.1, 0.15) is 5.84 Å². The molecule has 2 rings (SSSR count). The topological polar surface area (TPSA) is 61.8 Å². The van der Waals surface area contributed by atoms with E-state index in [-0.39, 0.29) is 5.78 Å². The van der Waals surface area contributed by atoms with Gasteiger partial charge in [0.15, 0.2) is 5.78 Å². The van der Waals surface area contributed by atoms with E-state index in [1.54, 1.807) is 24.3 Å². The first-order valence-electron chi connectivity index (χ1n) is 6.27. The fourth-order valence-electron chi connectivity index (χ4n) is 2.02. The molecule has 5 nitrogen and oxygen atoms in total. The van der Waals surface area contributed by atoms with Crippen LogP contribution in [0.5, 0.6) is 0 Å². The summed E-state index contributed by atoms with van der Waals surface area (Å²) in [5, 5.41) is 2.68. The standard InChI is InChI=1S/C14H17N3O2/c1-10(18)11-5-3-6-12(9-11)15-14(19)16-13-7-4-8-17(13)2/h3,5-6,9H,4,7-8H2,1-2H3,(H,15,19). The Morgan fingerprint density at radius 1 is 1.37 bits per heavy atom. The summed E-state index contributed by atoms with van der Waals surface area (Å²) in [4.78, 5) is 29.1. The number of carbonyl (C=O) groups is 2. The molecule has 1 aliphatic rings. The van der Waals surface area contributed by atoms with E-state index in [2.05, 4.69) is 10.3 Å². The van der Waals surface area contributed by atoms with Gasteiger partial charge < -0.3 is 10.2 Å². The van der Waals surface area contributed by atoms with E-state index in [1.165, 1.54) is 6.92 Å². The zero-order valence-corrected chi connectivity index (χ0v) is 11.1. The average molecular weight is 259 g/mol. The van der Waals surface area contributed by atoms with Gasteiger partial charge in [-0.05, 0) is 25.5 Å². The van der Waals surface area contributed by atoms with E-state index in [9.17, 15) is 9.59 Å². The third-order valence-corrected chi connectivity index (χ3v) is 3.09. The van der Waals surface area contributed by atoms with Crippen molar-refractivity contribution in [3.63, 3.8) is 0 Å². The molecule has 1 aliphatic heterocycles.